The minimum atomic E-state index is -0.133. The molecule has 0 unspecified atom stereocenters. The Labute approximate surface area is 191 Å². The fourth-order valence-corrected chi connectivity index (χ4v) is 3.58. The molecule has 170 valence electrons. The molecule has 4 rings (SSSR count). The molecule has 0 aliphatic heterocycles. The van der Waals surface area contributed by atoms with E-state index in [9.17, 15) is 9.59 Å². The van der Waals surface area contributed by atoms with Gasteiger partial charge in [-0.2, -0.15) is 5.10 Å². The fraction of sp³-hybridized carbons (Fsp3) is 0.280. The molecule has 1 N–H and O–H groups in total. The highest BCUT2D eigenvalue weighted by atomic mass is 16.5. The van der Waals surface area contributed by atoms with Crippen LogP contribution in [0.5, 0.6) is 5.75 Å². The number of ether oxygens (including phenoxy) is 1. The Bertz CT molecular complexity index is 1290. The predicted molar refractivity (Wildman–Crippen MR) is 126 cm³/mol. The first-order chi connectivity index (χ1) is 16.0. The Morgan fingerprint density at radius 1 is 1.06 bits per heavy atom. The Hall–Kier alpha value is -3.94. The van der Waals surface area contributed by atoms with E-state index in [1.807, 2.05) is 62.4 Å². The number of hydrogen-bond donors (Lipinski definition) is 1. The van der Waals surface area contributed by atoms with Crippen molar-refractivity contribution in [2.75, 3.05) is 13.2 Å². The van der Waals surface area contributed by atoms with Crippen LogP contribution in [0.15, 0.2) is 65.8 Å². The van der Waals surface area contributed by atoms with Crippen LogP contribution in [0, 0.1) is 6.92 Å². The van der Waals surface area contributed by atoms with Crippen molar-refractivity contribution < 1.29 is 9.53 Å². The van der Waals surface area contributed by atoms with Crippen molar-refractivity contribution in [3.8, 4) is 5.75 Å². The lowest BCUT2D eigenvalue weighted by Crippen LogP contribution is -2.29. The summed E-state index contributed by atoms with van der Waals surface area (Å²) in [6, 6.07) is 15.5. The minimum absolute atomic E-state index is 0.0796. The summed E-state index contributed by atoms with van der Waals surface area (Å²) in [5.74, 6) is 0.710. The van der Waals surface area contributed by atoms with Crippen LogP contribution in [0.2, 0.25) is 0 Å². The highest BCUT2D eigenvalue weighted by Crippen LogP contribution is 2.12. The van der Waals surface area contributed by atoms with Gasteiger partial charge in [0.1, 0.15) is 17.5 Å². The van der Waals surface area contributed by atoms with Gasteiger partial charge in [0.2, 0.25) is 5.91 Å². The largest absolute Gasteiger partial charge is 0.494 e. The normalized spacial score (nSPS) is 11.0. The van der Waals surface area contributed by atoms with Crippen LogP contribution in [-0.4, -0.2) is 38.4 Å². The van der Waals surface area contributed by atoms with E-state index in [1.165, 1.54) is 11.8 Å². The monoisotopic (exact) mass is 445 g/mol. The van der Waals surface area contributed by atoms with Gasteiger partial charge in [0, 0.05) is 6.54 Å². The first-order valence-corrected chi connectivity index (χ1v) is 11.0. The Kier molecular flexibility index (Phi) is 6.83. The molecule has 33 heavy (non-hydrogen) atoms. The first kappa shape index (κ1) is 22.3. The van der Waals surface area contributed by atoms with Crippen molar-refractivity contribution in [1.29, 1.82) is 0 Å². The van der Waals surface area contributed by atoms with Gasteiger partial charge in [-0.15, -0.1) is 0 Å². The number of hydrogen-bond acceptors (Lipinski definition) is 5. The van der Waals surface area contributed by atoms with Gasteiger partial charge in [-0.05, 0) is 37.1 Å². The van der Waals surface area contributed by atoms with Crippen molar-refractivity contribution in [1.82, 2.24) is 24.6 Å². The van der Waals surface area contributed by atoms with E-state index in [1.54, 1.807) is 15.6 Å². The molecule has 0 fully saturated rings. The van der Waals surface area contributed by atoms with Crippen LogP contribution in [-0.2, 0) is 24.3 Å². The third-order valence-corrected chi connectivity index (χ3v) is 5.34. The Morgan fingerprint density at radius 3 is 2.52 bits per heavy atom. The third kappa shape index (κ3) is 5.46. The van der Waals surface area contributed by atoms with E-state index < -0.39 is 0 Å². The summed E-state index contributed by atoms with van der Waals surface area (Å²) in [6.45, 7) is 5.83. The zero-order chi connectivity index (χ0) is 23.2. The molecule has 2 aromatic carbocycles. The Balaban J connectivity index is 1.35. The quantitative estimate of drug-likeness (QED) is 0.428. The van der Waals surface area contributed by atoms with E-state index in [0.29, 0.717) is 37.3 Å². The second-order valence-electron chi connectivity index (χ2n) is 7.87. The third-order valence-electron chi connectivity index (χ3n) is 5.34. The molecule has 0 saturated carbocycles. The SMILES string of the molecule is CCOc1ccc(CC(=O)NCCn2ncc3c(=O)n(Cc4ccc(C)cc4)cnc32)cc1. The van der Waals surface area contributed by atoms with Crippen molar-refractivity contribution >= 4 is 16.9 Å². The molecule has 4 aromatic rings. The van der Waals surface area contributed by atoms with Crippen LogP contribution in [0.1, 0.15) is 23.6 Å². The summed E-state index contributed by atoms with van der Waals surface area (Å²) in [4.78, 5) is 29.6. The van der Waals surface area contributed by atoms with Gasteiger partial charge in [0.25, 0.3) is 5.56 Å². The molecular formula is C25H27N5O3. The number of carbonyl (C=O) groups excluding carboxylic acids is 1. The average Bonchev–Trinajstić information content (AvgIpc) is 3.22. The minimum Gasteiger partial charge on any atom is -0.494 e. The lowest BCUT2D eigenvalue weighted by Gasteiger charge is -2.08. The maximum absolute atomic E-state index is 12.9. The molecule has 0 bridgehead atoms. The molecule has 1 amide bonds. The van der Waals surface area contributed by atoms with Gasteiger partial charge < -0.3 is 10.1 Å². The number of rotatable bonds is 9. The zero-order valence-electron chi connectivity index (χ0n) is 18.8. The lowest BCUT2D eigenvalue weighted by molar-refractivity contribution is -0.120. The van der Waals surface area contributed by atoms with Gasteiger partial charge in [-0.1, -0.05) is 42.0 Å². The van der Waals surface area contributed by atoms with E-state index in [4.69, 9.17) is 4.74 Å². The topological polar surface area (TPSA) is 91.0 Å². The zero-order valence-corrected chi connectivity index (χ0v) is 18.8. The number of benzene rings is 2. The van der Waals surface area contributed by atoms with Gasteiger partial charge in [0.05, 0.1) is 32.3 Å². The summed E-state index contributed by atoms with van der Waals surface area (Å²) >= 11 is 0. The van der Waals surface area contributed by atoms with Crippen molar-refractivity contribution in [3.63, 3.8) is 0 Å². The van der Waals surface area contributed by atoms with Crippen LogP contribution in [0.3, 0.4) is 0 Å². The highest BCUT2D eigenvalue weighted by molar-refractivity contribution is 5.78. The van der Waals surface area contributed by atoms with E-state index >= 15 is 0 Å². The number of nitrogens with one attached hydrogen (secondary N) is 1. The van der Waals surface area contributed by atoms with Gasteiger partial charge in [0.15, 0.2) is 5.65 Å². The van der Waals surface area contributed by atoms with E-state index in [0.717, 1.165) is 16.9 Å². The number of carbonyl (C=O) groups is 1. The summed E-state index contributed by atoms with van der Waals surface area (Å²) in [5.41, 5.74) is 3.50. The smallest absolute Gasteiger partial charge is 0.264 e. The molecule has 8 heteroatoms. The molecule has 0 atom stereocenters. The molecule has 8 nitrogen and oxygen atoms in total. The fourth-order valence-electron chi connectivity index (χ4n) is 3.58. The molecule has 0 aliphatic carbocycles. The van der Waals surface area contributed by atoms with Crippen LogP contribution in [0.25, 0.3) is 11.0 Å². The van der Waals surface area contributed by atoms with Crippen LogP contribution in [0.4, 0.5) is 0 Å². The van der Waals surface area contributed by atoms with E-state index in [2.05, 4.69) is 15.4 Å². The maximum Gasteiger partial charge on any atom is 0.264 e. The molecule has 0 spiro atoms. The average molecular weight is 446 g/mol. The van der Waals surface area contributed by atoms with Gasteiger partial charge in [-0.3, -0.25) is 14.2 Å². The Morgan fingerprint density at radius 2 is 1.79 bits per heavy atom. The number of aromatic nitrogens is 4. The summed E-state index contributed by atoms with van der Waals surface area (Å²) in [5, 5.41) is 7.66. The van der Waals surface area contributed by atoms with Crippen LogP contribution >= 0.6 is 0 Å². The maximum atomic E-state index is 12.9. The summed E-state index contributed by atoms with van der Waals surface area (Å²) in [7, 11) is 0. The predicted octanol–water partition coefficient (Wildman–Crippen LogP) is 2.71. The van der Waals surface area contributed by atoms with Crippen molar-refractivity contribution in [3.05, 3.63) is 88.1 Å². The molecule has 0 aliphatic rings. The molecular weight excluding hydrogens is 418 g/mol. The number of nitrogens with zero attached hydrogens (tertiary/aromatic N) is 4. The molecule has 0 saturated heterocycles. The van der Waals surface area contributed by atoms with Crippen molar-refractivity contribution in [2.45, 2.75) is 33.4 Å². The number of amides is 1. The van der Waals surface area contributed by atoms with E-state index in [-0.39, 0.29) is 17.9 Å². The lowest BCUT2D eigenvalue weighted by atomic mass is 10.1. The number of aryl methyl sites for hydroxylation is 1. The van der Waals surface area contributed by atoms with Gasteiger partial charge >= 0.3 is 0 Å². The second kappa shape index (κ2) is 10.1. The second-order valence-corrected chi connectivity index (χ2v) is 7.87. The number of fused-ring (bicyclic) bond motifs is 1. The molecule has 0 radical (unpaired) electrons. The van der Waals surface area contributed by atoms with Gasteiger partial charge in [-0.25, -0.2) is 9.67 Å². The molecule has 2 aromatic heterocycles. The first-order valence-electron chi connectivity index (χ1n) is 11.0. The summed E-state index contributed by atoms with van der Waals surface area (Å²) < 4.78 is 8.64. The summed E-state index contributed by atoms with van der Waals surface area (Å²) in [6.07, 6.45) is 3.37. The standard InChI is InChI=1S/C25H27N5O3/c1-3-33-21-10-8-19(9-11-21)14-23(31)26-12-13-30-24-22(15-28-30)25(32)29(17-27-24)16-20-6-4-18(2)5-7-20/h4-11,15,17H,3,12-14,16H2,1-2H3,(H,26,31). The van der Waals surface area contributed by atoms with Crippen LogP contribution < -0.4 is 15.6 Å². The van der Waals surface area contributed by atoms with Crippen molar-refractivity contribution in [2.24, 2.45) is 0 Å². The highest BCUT2D eigenvalue weighted by Gasteiger charge is 2.11. The molecule has 2 heterocycles.